The van der Waals surface area contributed by atoms with Gasteiger partial charge in [-0.15, -0.1) is 11.6 Å². The number of rotatable bonds is 4. The minimum atomic E-state index is 0.390. The molecule has 0 spiro atoms. The van der Waals surface area contributed by atoms with Crippen LogP contribution < -0.4 is 4.74 Å². The van der Waals surface area contributed by atoms with Crippen LogP contribution in [0.1, 0.15) is 32.1 Å². The number of benzene rings is 1. The summed E-state index contributed by atoms with van der Waals surface area (Å²) < 4.78 is 7.46. The first-order valence-corrected chi connectivity index (χ1v) is 6.35. The molecule has 1 aromatic heterocycles. The molecule has 1 heterocycles. The zero-order chi connectivity index (χ0) is 12.4. The molecule has 0 N–H and O–H groups in total. The van der Waals surface area contributed by atoms with Crippen molar-refractivity contribution < 1.29 is 4.74 Å². The number of halogens is 1. The summed E-state index contributed by atoms with van der Waals surface area (Å²) in [5.74, 6) is 2.20. The van der Waals surface area contributed by atoms with Gasteiger partial charge in [0.25, 0.3) is 0 Å². The highest BCUT2D eigenvalue weighted by atomic mass is 35.5. The second kappa shape index (κ2) is 4.96. The number of aromatic nitrogens is 2. The van der Waals surface area contributed by atoms with Crippen LogP contribution in [0.15, 0.2) is 18.2 Å². The molecular weight excluding hydrogens is 236 g/mol. The van der Waals surface area contributed by atoms with Crippen LogP contribution in [-0.2, 0) is 5.88 Å². The van der Waals surface area contributed by atoms with Crippen molar-refractivity contribution in [2.24, 2.45) is 0 Å². The van der Waals surface area contributed by atoms with Crippen molar-refractivity contribution in [3.05, 3.63) is 24.0 Å². The van der Waals surface area contributed by atoms with E-state index in [9.17, 15) is 0 Å². The van der Waals surface area contributed by atoms with E-state index in [1.807, 2.05) is 18.2 Å². The maximum Gasteiger partial charge on any atom is 0.125 e. The van der Waals surface area contributed by atoms with Crippen molar-refractivity contribution in [1.82, 2.24) is 9.55 Å². The summed E-state index contributed by atoms with van der Waals surface area (Å²) in [5, 5.41) is 0. The van der Waals surface area contributed by atoms with Crippen molar-refractivity contribution in [3.8, 4) is 5.75 Å². The van der Waals surface area contributed by atoms with Crippen LogP contribution in [0.25, 0.3) is 11.0 Å². The van der Waals surface area contributed by atoms with Gasteiger partial charge >= 0.3 is 0 Å². The SMILES string of the molecule is CCC(C)n1c(CCl)nc2ccc(OC)cc21. The van der Waals surface area contributed by atoms with Crippen molar-refractivity contribution in [2.45, 2.75) is 32.2 Å². The summed E-state index contributed by atoms with van der Waals surface area (Å²) in [4.78, 5) is 4.55. The molecule has 0 aliphatic carbocycles. The van der Waals surface area contributed by atoms with Crippen LogP contribution in [0.4, 0.5) is 0 Å². The Morgan fingerprint density at radius 3 is 2.82 bits per heavy atom. The summed E-state index contributed by atoms with van der Waals surface area (Å²) in [5.41, 5.74) is 2.07. The summed E-state index contributed by atoms with van der Waals surface area (Å²) in [6, 6.07) is 6.31. The fourth-order valence-corrected chi connectivity index (χ4v) is 2.21. The van der Waals surface area contributed by atoms with Gasteiger partial charge in [0.2, 0.25) is 0 Å². The lowest BCUT2D eigenvalue weighted by Crippen LogP contribution is -2.07. The van der Waals surface area contributed by atoms with Crippen LogP contribution in [0, 0.1) is 0 Å². The fraction of sp³-hybridized carbons (Fsp3) is 0.462. The maximum absolute atomic E-state index is 5.96. The van der Waals surface area contributed by atoms with Crippen molar-refractivity contribution >= 4 is 22.6 Å². The predicted octanol–water partition coefficient (Wildman–Crippen LogP) is 3.75. The molecule has 0 saturated heterocycles. The van der Waals surface area contributed by atoms with E-state index >= 15 is 0 Å². The van der Waals surface area contributed by atoms with Crippen LogP contribution in [-0.4, -0.2) is 16.7 Å². The van der Waals surface area contributed by atoms with Gasteiger partial charge in [0.15, 0.2) is 0 Å². The number of ether oxygens (including phenoxy) is 1. The van der Waals surface area contributed by atoms with Crippen LogP contribution in [0.2, 0.25) is 0 Å². The number of imidazole rings is 1. The molecule has 0 amide bonds. The molecule has 1 aromatic carbocycles. The molecule has 0 aliphatic heterocycles. The topological polar surface area (TPSA) is 27.1 Å². The monoisotopic (exact) mass is 252 g/mol. The molecule has 2 rings (SSSR count). The number of hydrogen-bond acceptors (Lipinski definition) is 2. The Morgan fingerprint density at radius 1 is 1.47 bits per heavy atom. The average Bonchev–Trinajstić information content (AvgIpc) is 2.74. The van der Waals surface area contributed by atoms with Crippen molar-refractivity contribution in [3.63, 3.8) is 0 Å². The van der Waals surface area contributed by atoms with Crippen molar-refractivity contribution in [1.29, 1.82) is 0 Å². The Kier molecular flexibility index (Phi) is 3.57. The molecular formula is C13H17ClN2O. The number of nitrogens with zero attached hydrogens (tertiary/aromatic N) is 2. The van der Waals surface area contributed by atoms with E-state index in [0.717, 1.165) is 29.0 Å². The van der Waals surface area contributed by atoms with Crippen molar-refractivity contribution in [2.75, 3.05) is 7.11 Å². The fourth-order valence-electron chi connectivity index (χ4n) is 2.02. The Labute approximate surface area is 106 Å². The highest BCUT2D eigenvalue weighted by molar-refractivity contribution is 6.16. The molecule has 2 aromatic rings. The molecule has 0 saturated carbocycles. The quantitative estimate of drug-likeness (QED) is 0.775. The third kappa shape index (κ3) is 2.12. The molecule has 17 heavy (non-hydrogen) atoms. The second-order valence-electron chi connectivity index (χ2n) is 4.14. The molecule has 1 atom stereocenters. The van der Waals surface area contributed by atoms with Crippen LogP contribution >= 0.6 is 11.6 Å². The maximum atomic E-state index is 5.96. The van der Waals surface area contributed by atoms with E-state index in [1.165, 1.54) is 0 Å². The van der Waals surface area contributed by atoms with E-state index < -0.39 is 0 Å². The highest BCUT2D eigenvalue weighted by Gasteiger charge is 2.14. The summed E-state index contributed by atoms with van der Waals surface area (Å²) in [6.07, 6.45) is 1.05. The predicted molar refractivity (Wildman–Crippen MR) is 70.8 cm³/mol. The first-order valence-electron chi connectivity index (χ1n) is 5.82. The number of methoxy groups -OCH3 is 1. The Morgan fingerprint density at radius 2 is 2.24 bits per heavy atom. The molecule has 3 nitrogen and oxygen atoms in total. The van der Waals surface area contributed by atoms with Gasteiger partial charge in [-0.1, -0.05) is 6.92 Å². The first-order chi connectivity index (χ1) is 8.21. The van der Waals surface area contributed by atoms with Crippen LogP contribution in [0.3, 0.4) is 0 Å². The second-order valence-corrected chi connectivity index (χ2v) is 4.41. The largest absolute Gasteiger partial charge is 0.497 e. The zero-order valence-corrected chi connectivity index (χ0v) is 11.2. The van der Waals surface area contributed by atoms with Gasteiger partial charge in [0, 0.05) is 12.1 Å². The standard InChI is InChI=1S/C13H17ClN2O/c1-4-9(2)16-12-7-10(17-3)5-6-11(12)15-13(16)8-14/h5-7,9H,4,8H2,1-3H3. The van der Waals surface area contributed by atoms with Gasteiger partial charge in [0.1, 0.15) is 11.6 Å². The van der Waals surface area contributed by atoms with Gasteiger partial charge < -0.3 is 9.30 Å². The first kappa shape index (κ1) is 12.2. The smallest absolute Gasteiger partial charge is 0.125 e. The minimum absolute atomic E-state index is 0.390. The van der Waals surface area contributed by atoms with Gasteiger partial charge in [-0.25, -0.2) is 4.98 Å². The Hall–Kier alpha value is -1.22. The summed E-state index contributed by atoms with van der Waals surface area (Å²) in [6.45, 7) is 4.34. The molecule has 0 aliphatic rings. The van der Waals surface area contributed by atoms with E-state index in [1.54, 1.807) is 7.11 Å². The lowest BCUT2D eigenvalue weighted by Gasteiger charge is -2.15. The molecule has 92 valence electrons. The lowest BCUT2D eigenvalue weighted by molar-refractivity contribution is 0.415. The minimum Gasteiger partial charge on any atom is -0.497 e. The third-order valence-corrected chi connectivity index (χ3v) is 3.36. The van der Waals surface area contributed by atoms with E-state index in [-0.39, 0.29) is 0 Å². The Bertz CT molecular complexity index is 521. The number of alkyl halides is 1. The number of fused-ring (bicyclic) bond motifs is 1. The van der Waals surface area contributed by atoms with E-state index in [2.05, 4.69) is 23.4 Å². The average molecular weight is 253 g/mol. The molecule has 1 unspecified atom stereocenters. The molecule has 0 fully saturated rings. The van der Waals surface area contributed by atoms with Gasteiger partial charge in [0.05, 0.1) is 24.0 Å². The van der Waals surface area contributed by atoms with Gasteiger partial charge in [-0.05, 0) is 25.5 Å². The number of hydrogen-bond donors (Lipinski definition) is 0. The molecule has 4 heteroatoms. The third-order valence-electron chi connectivity index (χ3n) is 3.12. The molecule has 0 radical (unpaired) electrons. The highest BCUT2D eigenvalue weighted by Crippen LogP contribution is 2.27. The van der Waals surface area contributed by atoms with E-state index in [4.69, 9.17) is 16.3 Å². The zero-order valence-electron chi connectivity index (χ0n) is 10.4. The molecule has 0 bridgehead atoms. The summed E-state index contributed by atoms with van der Waals surface area (Å²) in [7, 11) is 1.67. The Balaban J connectivity index is 2.66. The van der Waals surface area contributed by atoms with E-state index in [0.29, 0.717) is 11.9 Å². The van der Waals surface area contributed by atoms with Gasteiger partial charge in [-0.2, -0.15) is 0 Å². The van der Waals surface area contributed by atoms with Gasteiger partial charge in [-0.3, -0.25) is 0 Å². The normalized spacial score (nSPS) is 12.9. The van der Waals surface area contributed by atoms with Crippen LogP contribution in [0.5, 0.6) is 5.75 Å². The summed E-state index contributed by atoms with van der Waals surface area (Å²) >= 11 is 5.96. The lowest BCUT2D eigenvalue weighted by atomic mass is 10.2.